The molecule has 0 bridgehead atoms. The average Bonchev–Trinajstić information content (AvgIpc) is 2.83. The van der Waals surface area contributed by atoms with Crippen LogP contribution < -0.4 is 0 Å². The van der Waals surface area contributed by atoms with Crippen molar-refractivity contribution in [1.82, 2.24) is 0 Å². The highest BCUT2D eigenvalue weighted by Crippen LogP contribution is 2.28. The van der Waals surface area contributed by atoms with Crippen molar-refractivity contribution in [2.45, 2.75) is 50.7 Å². The van der Waals surface area contributed by atoms with Crippen molar-refractivity contribution in [2.75, 3.05) is 0 Å². The van der Waals surface area contributed by atoms with Gasteiger partial charge in [-0.1, -0.05) is 91.0 Å². The van der Waals surface area contributed by atoms with E-state index in [1.54, 1.807) is 0 Å². The van der Waals surface area contributed by atoms with Crippen LogP contribution in [0.2, 0.25) is 0 Å². The van der Waals surface area contributed by atoms with Gasteiger partial charge in [0.15, 0.2) is 5.78 Å². The maximum Gasteiger partial charge on any atom is 0.167 e. The van der Waals surface area contributed by atoms with E-state index < -0.39 is 24.4 Å². The van der Waals surface area contributed by atoms with Crippen LogP contribution in [0.5, 0.6) is 0 Å². The number of aliphatic hydroxyl groups is 1. The highest BCUT2D eigenvalue weighted by atomic mass is 16.6. The molecule has 0 radical (unpaired) electrons. The summed E-state index contributed by atoms with van der Waals surface area (Å²) < 4.78 is 18.3. The third kappa shape index (κ3) is 5.90. The fourth-order valence-corrected chi connectivity index (χ4v) is 3.88. The molecule has 1 fully saturated rings. The SMILES string of the molecule is O=C1C[C@H](O)[C@H](OCc2ccccc2)[C@@H](OCc2ccccc2)[C@@H]1OCc1ccccc1. The van der Waals surface area contributed by atoms with Crippen molar-refractivity contribution >= 4 is 5.78 Å². The van der Waals surface area contributed by atoms with Gasteiger partial charge in [-0.05, 0) is 16.7 Å². The molecule has 0 heterocycles. The van der Waals surface area contributed by atoms with Crippen LogP contribution in [0.3, 0.4) is 0 Å². The standard InChI is InChI=1S/C27H28O5/c28-23-16-24(29)26(31-18-21-12-6-2-7-13-21)27(32-19-22-14-8-3-9-15-22)25(23)30-17-20-10-4-1-5-11-20/h1-15,23,25-28H,16-19H2/t23-,25-,26+,27+/m0/s1. The Morgan fingerprint density at radius 1 is 0.625 bits per heavy atom. The van der Waals surface area contributed by atoms with E-state index in [2.05, 4.69) is 0 Å². The van der Waals surface area contributed by atoms with Crippen molar-refractivity contribution in [1.29, 1.82) is 0 Å². The molecule has 0 unspecified atom stereocenters. The number of ketones is 1. The molecule has 0 aromatic heterocycles. The molecule has 1 N–H and O–H groups in total. The second-order valence-corrected chi connectivity index (χ2v) is 7.98. The van der Waals surface area contributed by atoms with E-state index in [1.165, 1.54) is 0 Å². The fourth-order valence-electron chi connectivity index (χ4n) is 3.88. The second-order valence-electron chi connectivity index (χ2n) is 7.98. The summed E-state index contributed by atoms with van der Waals surface area (Å²) in [5.74, 6) is -0.175. The van der Waals surface area contributed by atoms with Crippen molar-refractivity contribution < 1.29 is 24.1 Å². The molecule has 4 atom stereocenters. The lowest BCUT2D eigenvalue weighted by molar-refractivity contribution is -0.201. The predicted molar refractivity (Wildman–Crippen MR) is 121 cm³/mol. The minimum atomic E-state index is -0.955. The smallest absolute Gasteiger partial charge is 0.167 e. The number of carbonyl (C=O) groups is 1. The van der Waals surface area contributed by atoms with Gasteiger partial charge in [-0.15, -0.1) is 0 Å². The Hall–Kier alpha value is -2.83. The number of benzene rings is 3. The van der Waals surface area contributed by atoms with Crippen molar-refractivity contribution in [3.63, 3.8) is 0 Å². The van der Waals surface area contributed by atoms with Gasteiger partial charge in [0.25, 0.3) is 0 Å². The Balaban J connectivity index is 1.51. The summed E-state index contributed by atoms with van der Waals surface area (Å²) in [5.41, 5.74) is 2.93. The monoisotopic (exact) mass is 432 g/mol. The average molecular weight is 433 g/mol. The van der Waals surface area contributed by atoms with E-state index in [9.17, 15) is 9.90 Å². The summed E-state index contributed by atoms with van der Waals surface area (Å²) in [4.78, 5) is 12.8. The van der Waals surface area contributed by atoms with Gasteiger partial charge in [0.2, 0.25) is 0 Å². The first kappa shape index (κ1) is 22.4. The van der Waals surface area contributed by atoms with Crippen LogP contribution in [0.4, 0.5) is 0 Å². The fraction of sp³-hybridized carbons (Fsp3) is 0.296. The maximum absolute atomic E-state index is 12.8. The molecule has 0 aliphatic heterocycles. The third-order valence-corrected chi connectivity index (χ3v) is 5.57. The lowest BCUT2D eigenvalue weighted by atomic mass is 9.88. The summed E-state index contributed by atoms with van der Waals surface area (Å²) in [5, 5.41) is 10.7. The van der Waals surface area contributed by atoms with Gasteiger partial charge >= 0.3 is 0 Å². The lowest BCUT2D eigenvalue weighted by Crippen LogP contribution is -2.57. The Bertz CT molecular complexity index is 961. The van der Waals surface area contributed by atoms with E-state index >= 15 is 0 Å². The molecule has 0 amide bonds. The molecular formula is C27H28O5. The van der Waals surface area contributed by atoms with Gasteiger partial charge in [-0.3, -0.25) is 4.79 Å². The quantitative estimate of drug-likeness (QED) is 0.552. The summed E-state index contributed by atoms with van der Waals surface area (Å²) in [6, 6.07) is 29.2. The molecule has 166 valence electrons. The number of ether oxygens (including phenoxy) is 3. The zero-order valence-electron chi connectivity index (χ0n) is 17.9. The van der Waals surface area contributed by atoms with Crippen LogP contribution in [0, 0.1) is 0 Å². The molecular weight excluding hydrogens is 404 g/mol. The van der Waals surface area contributed by atoms with Gasteiger partial charge in [-0.2, -0.15) is 0 Å². The summed E-state index contributed by atoms with van der Waals surface area (Å²) in [6.07, 6.45) is -3.20. The Labute approximate surface area is 188 Å². The van der Waals surface area contributed by atoms with E-state index in [4.69, 9.17) is 14.2 Å². The van der Waals surface area contributed by atoms with E-state index in [0.29, 0.717) is 13.2 Å². The molecule has 5 heteroatoms. The minimum absolute atomic E-state index is 0.0237. The zero-order valence-corrected chi connectivity index (χ0v) is 17.9. The van der Waals surface area contributed by atoms with Crippen LogP contribution >= 0.6 is 0 Å². The molecule has 0 spiro atoms. The minimum Gasteiger partial charge on any atom is -0.390 e. The zero-order chi connectivity index (χ0) is 22.2. The van der Waals surface area contributed by atoms with Gasteiger partial charge in [0, 0.05) is 6.42 Å². The summed E-state index contributed by atoms with van der Waals surface area (Å²) in [6.45, 7) is 0.888. The van der Waals surface area contributed by atoms with Gasteiger partial charge < -0.3 is 19.3 Å². The largest absolute Gasteiger partial charge is 0.390 e. The number of Topliss-reactive ketones (excluding diaryl/α,β-unsaturated/α-hetero) is 1. The summed E-state index contributed by atoms with van der Waals surface area (Å²) >= 11 is 0. The van der Waals surface area contributed by atoms with Crippen LogP contribution in [0.15, 0.2) is 91.0 Å². The Morgan fingerprint density at radius 3 is 1.50 bits per heavy atom. The second kappa shape index (κ2) is 11.2. The van der Waals surface area contributed by atoms with Crippen LogP contribution in [0.1, 0.15) is 23.1 Å². The summed E-state index contributed by atoms with van der Waals surface area (Å²) in [7, 11) is 0. The van der Waals surface area contributed by atoms with E-state index in [1.807, 2.05) is 91.0 Å². The van der Waals surface area contributed by atoms with Gasteiger partial charge in [0.05, 0.1) is 25.9 Å². The normalized spacial score (nSPS) is 23.2. The number of carbonyl (C=O) groups excluding carboxylic acids is 1. The third-order valence-electron chi connectivity index (χ3n) is 5.57. The van der Waals surface area contributed by atoms with E-state index in [0.717, 1.165) is 16.7 Å². The lowest BCUT2D eigenvalue weighted by Gasteiger charge is -2.39. The predicted octanol–water partition coefficient (Wildman–Crippen LogP) is 4.08. The molecule has 1 saturated carbocycles. The molecule has 3 aromatic rings. The highest BCUT2D eigenvalue weighted by Gasteiger charge is 2.46. The van der Waals surface area contributed by atoms with Crippen molar-refractivity contribution in [2.24, 2.45) is 0 Å². The molecule has 1 aliphatic carbocycles. The van der Waals surface area contributed by atoms with Gasteiger partial charge in [-0.25, -0.2) is 0 Å². The van der Waals surface area contributed by atoms with Crippen molar-refractivity contribution in [3.05, 3.63) is 108 Å². The van der Waals surface area contributed by atoms with Crippen LogP contribution in [0.25, 0.3) is 0 Å². The first-order chi connectivity index (χ1) is 15.7. The number of aliphatic hydroxyl groups excluding tert-OH is 1. The molecule has 1 aliphatic rings. The molecule has 5 nitrogen and oxygen atoms in total. The molecule has 0 saturated heterocycles. The molecule has 32 heavy (non-hydrogen) atoms. The Kier molecular flexibility index (Phi) is 7.80. The maximum atomic E-state index is 12.8. The van der Waals surface area contributed by atoms with E-state index in [-0.39, 0.29) is 18.8 Å². The van der Waals surface area contributed by atoms with Crippen LogP contribution in [-0.2, 0) is 38.8 Å². The van der Waals surface area contributed by atoms with Crippen molar-refractivity contribution in [3.8, 4) is 0 Å². The molecule has 3 aromatic carbocycles. The number of rotatable bonds is 9. The first-order valence-electron chi connectivity index (χ1n) is 10.9. The number of hydrogen-bond acceptors (Lipinski definition) is 5. The topological polar surface area (TPSA) is 65.0 Å². The number of hydrogen-bond donors (Lipinski definition) is 1. The highest BCUT2D eigenvalue weighted by molar-refractivity contribution is 5.85. The van der Waals surface area contributed by atoms with Gasteiger partial charge in [0.1, 0.15) is 18.3 Å². The Morgan fingerprint density at radius 2 is 1.03 bits per heavy atom. The molecule has 4 rings (SSSR count). The first-order valence-corrected chi connectivity index (χ1v) is 10.9. The van der Waals surface area contributed by atoms with Crippen LogP contribution in [-0.4, -0.2) is 35.3 Å².